The Labute approximate surface area is 178 Å². The highest BCUT2D eigenvalue weighted by Crippen LogP contribution is 2.24. The van der Waals surface area contributed by atoms with Gasteiger partial charge in [-0.3, -0.25) is 0 Å². The predicted octanol–water partition coefficient (Wildman–Crippen LogP) is 6.05. The van der Waals surface area contributed by atoms with Gasteiger partial charge < -0.3 is 14.8 Å². The third-order valence-corrected chi connectivity index (χ3v) is 4.63. The topological polar surface area (TPSA) is 30.5 Å². The molecule has 3 nitrogen and oxygen atoms in total. The van der Waals surface area contributed by atoms with Crippen molar-refractivity contribution in [3.05, 3.63) is 63.6 Å². The van der Waals surface area contributed by atoms with Crippen LogP contribution in [0.1, 0.15) is 42.9 Å². The van der Waals surface area contributed by atoms with Gasteiger partial charge >= 0.3 is 0 Å². The minimum absolute atomic E-state index is 0. The molecule has 0 radical (unpaired) electrons. The van der Waals surface area contributed by atoms with E-state index in [2.05, 4.69) is 65.4 Å². The van der Waals surface area contributed by atoms with Gasteiger partial charge in [0.05, 0.1) is 0 Å². The third-order valence-electron chi connectivity index (χ3n) is 4.14. The van der Waals surface area contributed by atoms with Crippen LogP contribution in [0.3, 0.4) is 0 Å². The summed E-state index contributed by atoms with van der Waals surface area (Å²) in [6, 6.07) is 14.6. The van der Waals surface area contributed by atoms with Crippen LogP contribution in [0.5, 0.6) is 5.75 Å². The molecular formula is C22H31BrClNO2. The van der Waals surface area contributed by atoms with Crippen molar-refractivity contribution in [3.63, 3.8) is 0 Å². The normalized spacial score (nSPS) is 10.5. The van der Waals surface area contributed by atoms with Crippen molar-refractivity contribution in [1.29, 1.82) is 0 Å². The molecule has 2 aromatic rings. The number of rotatable bonds is 12. The van der Waals surface area contributed by atoms with Crippen molar-refractivity contribution in [2.24, 2.45) is 0 Å². The van der Waals surface area contributed by atoms with Gasteiger partial charge in [-0.1, -0.05) is 59.1 Å². The summed E-state index contributed by atoms with van der Waals surface area (Å²) in [6.07, 6.45) is 3.36. The standard InChI is InChI=1S/C22H30BrNO2.ClH/c1-3-4-13-25-14-5-12-24-16-20-15-21(23)10-11-22(20)26-17-19-8-6-18(2)7-9-19;/h6-11,15,24H,3-5,12-14,16-17H2,1-2H3;1H. The number of halogens is 2. The van der Waals surface area contributed by atoms with Crippen LogP contribution in [-0.2, 0) is 17.9 Å². The summed E-state index contributed by atoms with van der Waals surface area (Å²) in [5.74, 6) is 0.931. The van der Waals surface area contributed by atoms with Crippen LogP contribution >= 0.6 is 28.3 Å². The highest BCUT2D eigenvalue weighted by molar-refractivity contribution is 9.10. The maximum Gasteiger partial charge on any atom is 0.124 e. The van der Waals surface area contributed by atoms with Crippen LogP contribution < -0.4 is 10.1 Å². The summed E-state index contributed by atoms with van der Waals surface area (Å²) in [6.45, 7) is 8.29. The summed E-state index contributed by atoms with van der Waals surface area (Å²) in [5, 5.41) is 3.49. The van der Waals surface area contributed by atoms with Crippen LogP contribution in [0.4, 0.5) is 0 Å². The van der Waals surface area contributed by atoms with Crippen molar-refractivity contribution in [2.45, 2.75) is 46.3 Å². The second kappa shape index (κ2) is 14.0. The first-order valence-electron chi connectivity index (χ1n) is 9.44. The van der Waals surface area contributed by atoms with Gasteiger partial charge in [0.25, 0.3) is 0 Å². The molecule has 2 aromatic carbocycles. The van der Waals surface area contributed by atoms with Crippen LogP contribution in [0, 0.1) is 6.92 Å². The zero-order chi connectivity index (χ0) is 18.6. The van der Waals surface area contributed by atoms with Crippen molar-refractivity contribution >= 4 is 28.3 Å². The van der Waals surface area contributed by atoms with Gasteiger partial charge in [-0.15, -0.1) is 12.4 Å². The molecule has 0 atom stereocenters. The molecule has 150 valence electrons. The van der Waals surface area contributed by atoms with Gasteiger partial charge in [0.1, 0.15) is 12.4 Å². The summed E-state index contributed by atoms with van der Waals surface area (Å²) < 4.78 is 12.7. The maximum absolute atomic E-state index is 6.06. The number of unbranched alkanes of at least 4 members (excludes halogenated alkanes) is 1. The summed E-state index contributed by atoms with van der Waals surface area (Å²) in [7, 11) is 0. The fourth-order valence-electron chi connectivity index (χ4n) is 2.54. The van der Waals surface area contributed by atoms with Crippen molar-refractivity contribution in [2.75, 3.05) is 19.8 Å². The maximum atomic E-state index is 6.06. The molecule has 0 amide bonds. The van der Waals surface area contributed by atoms with E-state index in [1.165, 1.54) is 23.1 Å². The molecule has 27 heavy (non-hydrogen) atoms. The Bertz CT molecular complexity index is 649. The number of ether oxygens (including phenoxy) is 2. The fraction of sp³-hybridized carbons (Fsp3) is 0.455. The van der Waals surface area contributed by atoms with E-state index in [1.54, 1.807) is 0 Å². The lowest BCUT2D eigenvalue weighted by Crippen LogP contribution is -2.17. The third kappa shape index (κ3) is 9.61. The van der Waals surface area contributed by atoms with Crippen LogP contribution in [0.2, 0.25) is 0 Å². The largest absolute Gasteiger partial charge is 0.489 e. The first-order valence-corrected chi connectivity index (χ1v) is 10.2. The highest BCUT2D eigenvalue weighted by Gasteiger charge is 2.05. The van der Waals surface area contributed by atoms with E-state index in [0.29, 0.717) is 6.61 Å². The smallest absolute Gasteiger partial charge is 0.124 e. The molecule has 0 heterocycles. The number of hydrogen-bond acceptors (Lipinski definition) is 3. The van der Waals surface area contributed by atoms with Crippen molar-refractivity contribution < 1.29 is 9.47 Å². The molecule has 2 rings (SSSR count). The minimum Gasteiger partial charge on any atom is -0.489 e. The molecule has 0 fully saturated rings. The monoisotopic (exact) mass is 455 g/mol. The summed E-state index contributed by atoms with van der Waals surface area (Å²) in [4.78, 5) is 0. The first-order chi connectivity index (χ1) is 12.7. The summed E-state index contributed by atoms with van der Waals surface area (Å²) in [5.41, 5.74) is 3.61. The number of nitrogens with one attached hydrogen (secondary N) is 1. The van der Waals surface area contributed by atoms with Gasteiger partial charge in [-0.05, 0) is 50.1 Å². The van der Waals surface area contributed by atoms with E-state index in [0.717, 1.165) is 49.4 Å². The van der Waals surface area contributed by atoms with Crippen LogP contribution in [-0.4, -0.2) is 19.8 Å². The Kier molecular flexibility index (Phi) is 12.4. The number of hydrogen-bond donors (Lipinski definition) is 1. The lowest BCUT2D eigenvalue weighted by Gasteiger charge is -2.13. The van der Waals surface area contributed by atoms with E-state index in [4.69, 9.17) is 9.47 Å². The molecular weight excluding hydrogens is 426 g/mol. The van der Waals surface area contributed by atoms with Crippen LogP contribution in [0.15, 0.2) is 46.9 Å². The molecule has 0 aliphatic carbocycles. The first kappa shape index (κ1) is 24.0. The average molecular weight is 457 g/mol. The van der Waals surface area contributed by atoms with Gasteiger partial charge in [-0.25, -0.2) is 0 Å². The minimum atomic E-state index is 0. The molecule has 0 aliphatic heterocycles. The molecule has 0 spiro atoms. The van der Waals surface area contributed by atoms with Gasteiger partial charge in [0, 0.05) is 29.8 Å². The average Bonchev–Trinajstić information content (AvgIpc) is 2.64. The van der Waals surface area contributed by atoms with E-state index in [9.17, 15) is 0 Å². The van der Waals surface area contributed by atoms with E-state index < -0.39 is 0 Å². The van der Waals surface area contributed by atoms with Crippen molar-refractivity contribution in [3.8, 4) is 5.75 Å². The molecule has 0 aliphatic rings. The van der Waals surface area contributed by atoms with E-state index in [-0.39, 0.29) is 12.4 Å². The zero-order valence-corrected chi connectivity index (χ0v) is 18.7. The number of benzene rings is 2. The lowest BCUT2D eigenvalue weighted by molar-refractivity contribution is 0.128. The van der Waals surface area contributed by atoms with Crippen molar-refractivity contribution in [1.82, 2.24) is 5.32 Å². The van der Waals surface area contributed by atoms with Gasteiger partial charge in [-0.2, -0.15) is 0 Å². The van der Waals surface area contributed by atoms with E-state index in [1.807, 2.05) is 12.1 Å². The molecule has 0 saturated heterocycles. The Morgan fingerprint density at radius 1 is 1.00 bits per heavy atom. The second-order valence-electron chi connectivity index (χ2n) is 6.52. The Balaban J connectivity index is 0.00000364. The summed E-state index contributed by atoms with van der Waals surface area (Å²) >= 11 is 3.55. The quantitative estimate of drug-likeness (QED) is 0.394. The predicted molar refractivity (Wildman–Crippen MR) is 119 cm³/mol. The SMILES string of the molecule is CCCCOCCCNCc1cc(Br)ccc1OCc1ccc(C)cc1.Cl. The second-order valence-corrected chi connectivity index (χ2v) is 7.44. The fourth-order valence-corrected chi connectivity index (χ4v) is 2.95. The Hall–Kier alpha value is -1.07. The molecule has 1 N–H and O–H groups in total. The van der Waals surface area contributed by atoms with Gasteiger partial charge in [0.2, 0.25) is 0 Å². The lowest BCUT2D eigenvalue weighted by atomic mass is 10.1. The molecule has 0 bridgehead atoms. The molecule has 0 saturated carbocycles. The molecule has 5 heteroatoms. The zero-order valence-electron chi connectivity index (χ0n) is 16.3. The molecule has 0 aromatic heterocycles. The van der Waals surface area contributed by atoms with E-state index >= 15 is 0 Å². The van der Waals surface area contributed by atoms with Gasteiger partial charge in [0.15, 0.2) is 0 Å². The Morgan fingerprint density at radius 3 is 2.48 bits per heavy atom. The highest BCUT2D eigenvalue weighted by atomic mass is 79.9. The molecule has 0 unspecified atom stereocenters. The van der Waals surface area contributed by atoms with Crippen LogP contribution in [0.25, 0.3) is 0 Å². The number of aryl methyl sites for hydroxylation is 1. The Morgan fingerprint density at radius 2 is 1.74 bits per heavy atom.